The molecule has 0 aliphatic carbocycles. The number of rotatable bonds is 5. The first-order valence-corrected chi connectivity index (χ1v) is 12.0. The van der Waals surface area contributed by atoms with Gasteiger partial charge in [-0.05, 0) is 48.4 Å². The molecule has 1 aromatic carbocycles. The van der Waals surface area contributed by atoms with Crippen LogP contribution in [0.25, 0.3) is 33.4 Å². The van der Waals surface area contributed by atoms with Crippen LogP contribution in [-0.4, -0.2) is 69.2 Å². The summed E-state index contributed by atoms with van der Waals surface area (Å²) < 4.78 is 6.83. The second kappa shape index (κ2) is 11.3. The predicted molar refractivity (Wildman–Crippen MR) is 146 cm³/mol. The normalized spacial score (nSPS) is 13.2. The summed E-state index contributed by atoms with van der Waals surface area (Å²) in [5, 5.41) is 5.37. The Balaban J connectivity index is 0.00000336. The van der Waals surface area contributed by atoms with Crippen LogP contribution < -0.4 is 16.2 Å². The molecule has 0 bridgehead atoms. The molecule has 38 heavy (non-hydrogen) atoms. The van der Waals surface area contributed by atoms with Crippen molar-refractivity contribution in [3.05, 3.63) is 64.7 Å². The topological polar surface area (TPSA) is 134 Å². The van der Waals surface area contributed by atoms with Gasteiger partial charge >= 0.3 is 6.03 Å². The maximum absolute atomic E-state index is 12.9. The van der Waals surface area contributed by atoms with Gasteiger partial charge in [0.1, 0.15) is 0 Å². The third-order valence-electron chi connectivity index (χ3n) is 6.18. The number of carbonyl (C=O) groups is 2. The Hall–Kier alpha value is -4.51. The van der Waals surface area contributed by atoms with Gasteiger partial charge in [-0.1, -0.05) is 7.43 Å². The number of aryl methyl sites for hydroxylation is 1. The Morgan fingerprint density at radius 1 is 1.11 bits per heavy atom. The number of hydrogen-bond donors (Lipinski definition) is 3. The van der Waals surface area contributed by atoms with Crippen LogP contribution in [0.4, 0.5) is 10.7 Å². The number of morpholine rings is 1. The fraction of sp³-hybridized carbons (Fsp3) is 0.296. The van der Waals surface area contributed by atoms with Crippen molar-refractivity contribution in [3.8, 4) is 22.4 Å². The third kappa shape index (κ3) is 5.42. The van der Waals surface area contributed by atoms with Crippen molar-refractivity contribution in [2.75, 3.05) is 38.2 Å². The molecule has 1 saturated heterocycles. The molecule has 11 heteroatoms. The maximum atomic E-state index is 12.9. The number of ether oxygens (including phenoxy) is 1. The average Bonchev–Trinajstić information content (AvgIpc) is 3.32. The molecule has 11 nitrogen and oxygen atoms in total. The second-order valence-corrected chi connectivity index (χ2v) is 8.69. The summed E-state index contributed by atoms with van der Waals surface area (Å²) >= 11 is 0. The van der Waals surface area contributed by atoms with Crippen LogP contribution in [0.5, 0.6) is 0 Å². The van der Waals surface area contributed by atoms with Gasteiger partial charge < -0.3 is 24.5 Å². The Morgan fingerprint density at radius 3 is 2.58 bits per heavy atom. The largest absolute Gasteiger partial charge is 0.378 e. The first-order chi connectivity index (χ1) is 17.9. The predicted octanol–water partition coefficient (Wildman–Crippen LogP) is 3.24. The summed E-state index contributed by atoms with van der Waals surface area (Å²) in [6, 6.07) is 10.3. The molecule has 0 unspecified atom stereocenters. The second-order valence-electron chi connectivity index (χ2n) is 8.69. The van der Waals surface area contributed by atoms with E-state index in [1.807, 2.05) is 25.1 Å². The lowest BCUT2D eigenvalue weighted by Crippen LogP contribution is -2.40. The summed E-state index contributed by atoms with van der Waals surface area (Å²) in [5.41, 5.74) is 4.43. The molecule has 5 rings (SSSR count). The van der Waals surface area contributed by atoms with Gasteiger partial charge in [-0.15, -0.1) is 0 Å². The summed E-state index contributed by atoms with van der Waals surface area (Å²) in [6.45, 7) is 4.45. The van der Waals surface area contributed by atoms with Crippen molar-refractivity contribution in [1.29, 1.82) is 0 Å². The number of aromatic amines is 1. The molecule has 1 aliphatic rings. The number of amides is 3. The summed E-state index contributed by atoms with van der Waals surface area (Å²) in [5.74, 6) is 0.192. The fourth-order valence-corrected chi connectivity index (χ4v) is 4.21. The highest BCUT2D eigenvalue weighted by molar-refractivity contribution is 5.99. The number of carbonyl (C=O) groups excluding carboxylic acids is 2. The lowest BCUT2D eigenvalue weighted by Gasteiger charge is -2.26. The molecule has 1 fully saturated rings. The molecule has 3 aromatic heterocycles. The Morgan fingerprint density at radius 2 is 1.89 bits per heavy atom. The minimum Gasteiger partial charge on any atom is -0.378 e. The van der Waals surface area contributed by atoms with Crippen molar-refractivity contribution in [1.82, 2.24) is 29.7 Å². The zero-order chi connectivity index (χ0) is 25.9. The quantitative estimate of drug-likeness (QED) is 0.372. The van der Waals surface area contributed by atoms with E-state index in [0.717, 1.165) is 11.1 Å². The maximum Gasteiger partial charge on any atom is 0.321 e. The number of hydrogen-bond acceptors (Lipinski definition) is 6. The number of nitrogens with one attached hydrogen (secondary N) is 3. The summed E-state index contributed by atoms with van der Waals surface area (Å²) in [6.07, 6.45) is 3.27. The van der Waals surface area contributed by atoms with Gasteiger partial charge in [0.2, 0.25) is 5.95 Å². The molecule has 0 radical (unpaired) electrons. The van der Waals surface area contributed by atoms with Crippen molar-refractivity contribution < 1.29 is 14.3 Å². The van der Waals surface area contributed by atoms with Crippen LogP contribution in [0.15, 0.2) is 53.6 Å². The Labute approximate surface area is 219 Å². The number of nitrogens with zero attached hydrogens (tertiary/aromatic N) is 4. The smallest absolute Gasteiger partial charge is 0.321 e. The molecule has 0 saturated carbocycles. The zero-order valence-electron chi connectivity index (χ0n) is 20.6. The molecule has 0 atom stereocenters. The summed E-state index contributed by atoms with van der Waals surface area (Å²) in [7, 11) is 1.69. The van der Waals surface area contributed by atoms with Gasteiger partial charge in [0, 0.05) is 50.7 Å². The van der Waals surface area contributed by atoms with E-state index in [4.69, 9.17) is 4.74 Å². The van der Waals surface area contributed by atoms with Gasteiger partial charge in [-0.25, -0.2) is 9.78 Å². The number of H-pyrrole nitrogens is 1. The number of fused-ring (bicyclic) bond motifs is 1. The number of anilines is 1. The summed E-state index contributed by atoms with van der Waals surface area (Å²) in [4.78, 5) is 51.3. The van der Waals surface area contributed by atoms with E-state index in [0.29, 0.717) is 60.7 Å². The molecule has 1 aliphatic heterocycles. The Bertz CT molecular complexity index is 1520. The zero-order valence-corrected chi connectivity index (χ0v) is 20.6. The van der Waals surface area contributed by atoms with E-state index in [1.54, 1.807) is 42.5 Å². The lowest BCUT2D eigenvalue weighted by molar-refractivity contribution is 0.0302. The van der Waals surface area contributed by atoms with E-state index in [-0.39, 0.29) is 30.9 Å². The fourth-order valence-electron chi connectivity index (χ4n) is 4.21. The van der Waals surface area contributed by atoms with Crippen LogP contribution in [0.3, 0.4) is 0 Å². The molecule has 198 valence electrons. The van der Waals surface area contributed by atoms with Crippen molar-refractivity contribution >= 4 is 28.9 Å². The van der Waals surface area contributed by atoms with Crippen molar-refractivity contribution in [3.63, 3.8) is 0 Å². The molecular weight excluding hydrogens is 486 g/mol. The standard InChI is InChI=1S/C26H27N7O4.CH4/c1-3-27-26(36)31-25-29-21-13-18(16-6-7-32(2)22(34)14-16)12-19(23(21)30-25)20-5-4-17(15-28-20)24(35)33-8-10-37-11-9-33;/h4-7,12-15H,3,8-11H2,1-2H3,(H3,27,29,30,31,36);1H4. The number of benzene rings is 1. The molecular formula is C27H31N7O4. The first kappa shape index (κ1) is 26.6. The molecule has 4 heterocycles. The highest BCUT2D eigenvalue weighted by Gasteiger charge is 2.20. The molecule has 3 N–H and O–H groups in total. The highest BCUT2D eigenvalue weighted by atomic mass is 16.5. The van der Waals surface area contributed by atoms with Crippen LogP contribution in [0.2, 0.25) is 0 Å². The number of aromatic nitrogens is 4. The third-order valence-corrected chi connectivity index (χ3v) is 6.18. The number of pyridine rings is 2. The SMILES string of the molecule is C.CCNC(=O)Nc1nc2c(-c3ccc(C(=O)N4CCOCC4)cn3)cc(-c3ccn(C)c(=O)c3)cc2[nH]1. The molecule has 0 spiro atoms. The van der Waals surface area contributed by atoms with Crippen LogP contribution in [0, 0.1) is 0 Å². The number of imidazole rings is 1. The van der Waals surface area contributed by atoms with Crippen LogP contribution >= 0.6 is 0 Å². The van der Waals surface area contributed by atoms with Gasteiger partial charge in [-0.2, -0.15) is 0 Å². The molecule has 4 aromatic rings. The average molecular weight is 518 g/mol. The van der Waals surface area contributed by atoms with Gasteiger partial charge in [0.25, 0.3) is 11.5 Å². The van der Waals surface area contributed by atoms with E-state index in [1.165, 1.54) is 4.57 Å². The van der Waals surface area contributed by atoms with E-state index >= 15 is 0 Å². The van der Waals surface area contributed by atoms with Crippen molar-refractivity contribution in [2.45, 2.75) is 14.4 Å². The van der Waals surface area contributed by atoms with E-state index < -0.39 is 0 Å². The van der Waals surface area contributed by atoms with Crippen LogP contribution in [0.1, 0.15) is 24.7 Å². The Kier molecular flexibility index (Phi) is 7.87. The lowest BCUT2D eigenvalue weighted by atomic mass is 10.00. The van der Waals surface area contributed by atoms with Crippen molar-refractivity contribution in [2.24, 2.45) is 7.05 Å². The van der Waals surface area contributed by atoms with E-state index in [2.05, 4.69) is 25.6 Å². The molecule has 3 amide bonds. The monoisotopic (exact) mass is 517 g/mol. The van der Waals surface area contributed by atoms with Gasteiger partial charge in [-0.3, -0.25) is 19.9 Å². The first-order valence-electron chi connectivity index (χ1n) is 12.0. The van der Waals surface area contributed by atoms with Gasteiger partial charge in [0.05, 0.1) is 35.5 Å². The highest BCUT2D eigenvalue weighted by Crippen LogP contribution is 2.33. The minimum atomic E-state index is -0.376. The van der Waals surface area contributed by atoms with Gasteiger partial charge in [0.15, 0.2) is 0 Å². The number of urea groups is 1. The minimum absolute atomic E-state index is 0. The van der Waals surface area contributed by atoms with E-state index in [9.17, 15) is 14.4 Å². The van der Waals surface area contributed by atoms with Crippen LogP contribution in [-0.2, 0) is 11.8 Å².